The van der Waals surface area contributed by atoms with E-state index in [1.807, 2.05) is 4.90 Å². The zero-order valence-corrected chi connectivity index (χ0v) is 18.8. The van der Waals surface area contributed by atoms with Crippen molar-refractivity contribution in [3.63, 3.8) is 0 Å². The monoisotopic (exact) mass is 484 g/mol. The smallest absolute Gasteiger partial charge is 0.414 e. The normalized spacial score (nSPS) is 18.1. The molecule has 2 saturated heterocycles. The first-order chi connectivity index (χ1) is 16.8. The van der Waals surface area contributed by atoms with E-state index in [-0.39, 0.29) is 24.4 Å². The summed E-state index contributed by atoms with van der Waals surface area (Å²) in [4.78, 5) is 38.8. The van der Waals surface area contributed by atoms with Crippen LogP contribution >= 0.6 is 0 Å². The molecule has 0 spiro atoms. The van der Waals surface area contributed by atoms with Crippen LogP contribution in [0.3, 0.4) is 0 Å². The molecule has 4 rings (SSSR count). The summed E-state index contributed by atoms with van der Waals surface area (Å²) in [5.74, 6) is -1.92. The average molecular weight is 484 g/mol. The van der Waals surface area contributed by atoms with Crippen molar-refractivity contribution in [2.75, 3.05) is 49.2 Å². The molecule has 0 unspecified atom stereocenters. The standard InChI is InChI=1S/C24H25FN4O6/c25-19-12-16(3-5-20(19)28-7-9-34-10-8-28)29-14-17(35-24(29)33)13-27-22(31)6-2-15-1-4-18(23(26)32)21(30)11-15/h1-6,11-12,17,30H,7-10,13-14H2,(H2,26,32)(H,27,31)/b6-2+/t17-/m0/s1. The second kappa shape index (κ2) is 10.4. The molecule has 4 N–H and O–H groups in total. The lowest BCUT2D eigenvalue weighted by molar-refractivity contribution is -0.116. The second-order valence-electron chi connectivity index (χ2n) is 8.07. The number of anilines is 2. The van der Waals surface area contributed by atoms with Crippen molar-refractivity contribution in [1.29, 1.82) is 0 Å². The van der Waals surface area contributed by atoms with Gasteiger partial charge < -0.3 is 30.5 Å². The summed E-state index contributed by atoms with van der Waals surface area (Å²) in [5, 5.41) is 12.4. The quantitative estimate of drug-likeness (QED) is 0.509. The van der Waals surface area contributed by atoms with E-state index in [4.69, 9.17) is 15.2 Å². The van der Waals surface area contributed by atoms with Crippen LogP contribution in [0.15, 0.2) is 42.5 Å². The fourth-order valence-corrected chi connectivity index (χ4v) is 3.87. The zero-order valence-electron chi connectivity index (χ0n) is 18.8. The third kappa shape index (κ3) is 5.69. The number of hydrogen-bond acceptors (Lipinski definition) is 7. The molecule has 2 aromatic rings. The molecule has 184 valence electrons. The molecule has 0 aliphatic carbocycles. The number of nitrogens with zero attached hydrogens (tertiary/aromatic N) is 2. The average Bonchev–Trinajstić information content (AvgIpc) is 3.22. The molecule has 11 heteroatoms. The van der Waals surface area contributed by atoms with Crippen LogP contribution in [0, 0.1) is 5.82 Å². The number of aromatic hydroxyl groups is 1. The van der Waals surface area contributed by atoms with Crippen LogP contribution in [0.5, 0.6) is 5.75 Å². The minimum atomic E-state index is -0.758. The highest BCUT2D eigenvalue weighted by Gasteiger charge is 2.33. The van der Waals surface area contributed by atoms with Gasteiger partial charge in [-0.2, -0.15) is 0 Å². The van der Waals surface area contributed by atoms with E-state index in [1.165, 1.54) is 41.3 Å². The number of ether oxygens (including phenoxy) is 2. The third-order valence-electron chi connectivity index (χ3n) is 5.69. The molecule has 0 bridgehead atoms. The van der Waals surface area contributed by atoms with Gasteiger partial charge in [0.1, 0.15) is 17.7 Å². The SMILES string of the molecule is NC(=O)c1ccc(/C=C/C(=O)NC[C@H]2CN(c3ccc(N4CCOCC4)c(F)c3)C(=O)O2)cc1O. The Morgan fingerprint density at radius 3 is 2.66 bits per heavy atom. The highest BCUT2D eigenvalue weighted by molar-refractivity contribution is 5.96. The number of rotatable bonds is 7. The summed E-state index contributed by atoms with van der Waals surface area (Å²) in [7, 11) is 0. The van der Waals surface area contributed by atoms with Crippen LogP contribution in [0.2, 0.25) is 0 Å². The molecule has 10 nitrogen and oxygen atoms in total. The van der Waals surface area contributed by atoms with Crippen molar-refractivity contribution in [3.8, 4) is 5.75 Å². The Labute approximate surface area is 200 Å². The first-order valence-corrected chi connectivity index (χ1v) is 11.0. The summed E-state index contributed by atoms with van der Waals surface area (Å²) < 4.78 is 25.3. The maximum absolute atomic E-state index is 14.7. The van der Waals surface area contributed by atoms with Crippen LogP contribution in [0.4, 0.5) is 20.6 Å². The van der Waals surface area contributed by atoms with Gasteiger partial charge in [-0.25, -0.2) is 9.18 Å². The molecule has 2 aliphatic rings. The minimum absolute atomic E-state index is 0.0187. The highest BCUT2D eigenvalue weighted by atomic mass is 19.1. The van der Waals surface area contributed by atoms with Crippen LogP contribution in [0.25, 0.3) is 6.08 Å². The van der Waals surface area contributed by atoms with Gasteiger partial charge in [0.15, 0.2) is 0 Å². The van der Waals surface area contributed by atoms with Gasteiger partial charge in [0.2, 0.25) is 5.91 Å². The van der Waals surface area contributed by atoms with Crippen molar-refractivity contribution >= 4 is 35.4 Å². The number of carbonyl (C=O) groups excluding carboxylic acids is 3. The zero-order chi connectivity index (χ0) is 24.9. The van der Waals surface area contributed by atoms with E-state index in [1.54, 1.807) is 12.1 Å². The Morgan fingerprint density at radius 1 is 1.20 bits per heavy atom. The number of nitrogens with two attached hydrogens (primary N) is 1. The molecule has 2 aliphatic heterocycles. The van der Waals surface area contributed by atoms with Crippen LogP contribution in [-0.4, -0.2) is 68.5 Å². The molecule has 0 radical (unpaired) electrons. The van der Waals surface area contributed by atoms with E-state index in [9.17, 15) is 23.9 Å². The fourth-order valence-electron chi connectivity index (χ4n) is 3.87. The van der Waals surface area contributed by atoms with E-state index in [0.717, 1.165) is 0 Å². The number of phenols is 1. The highest BCUT2D eigenvalue weighted by Crippen LogP contribution is 2.28. The molecular formula is C24H25FN4O6. The Morgan fingerprint density at radius 2 is 1.97 bits per heavy atom. The number of halogens is 1. The van der Waals surface area contributed by atoms with Gasteiger partial charge in [-0.15, -0.1) is 0 Å². The van der Waals surface area contributed by atoms with Crippen LogP contribution in [-0.2, 0) is 14.3 Å². The fraction of sp³-hybridized carbons (Fsp3) is 0.292. The van der Waals surface area contributed by atoms with Crippen LogP contribution in [0.1, 0.15) is 15.9 Å². The summed E-state index contributed by atoms with van der Waals surface area (Å²) in [6.07, 6.45) is 1.46. The third-order valence-corrected chi connectivity index (χ3v) is 5.69. The maximum atomic E-state index is 14.7. The van der Waals surface area contributed by atoms with Gasteiger partial charge in [0.05, 0.1) is 43.2 Å². The number of cyclic esters (lactones) is 1. The van der Waals surface area contributed by atoms with Crippen molar-refractivity contribution in [2.24, 2.45) is 5.73 Å². The number of amides is 3. The molecular weight excluding hydrogens is 459 g/mol. The lowest BCUT2D eigenvalue weighted by Crippen LogP contribution is -2.36. The number of morpholine rings is 1. The summed E-state index contributed by atoms with van der Waals surface area (Å²) in [6.45, 7) is 2.47. The molecule has 3 amide bonds. The van der Waals surface area contributed by atoms with Crippen molar-refractivity contribution < 1.29 is 33.4 Å². The molecule has 2 aromatic carbocycles. The number of nitrogens with one attached hydrogen (secondary N) is 1. The van der Waals surface area contributed by atoms with E-state index in [2.05, 4.69) is 5.32 Å². The van der Waals surface area contributed by atoms with Gasteiger partial charge in [-0.05, 0) is 42.0 Å². The van der Waals surface area contributed by atoms with E-state index >= 15 is 0 Å². The molecule has 1 atom stereocenters. The molecule has 35 heavy (non-hydrogen) atoms. The lowest BCUT2D eigenvalue weighted by Gasteiger charge is -2.29. The number of carbonyl (C=O) groups is 3. The summed E-state index contributed by atoms with van der Waals surface area (Å²) >= 11 is 0. The van der Waals surface area contributed by atoms with E-state index in [0.29, 0.717) is 43.2 Å². The largest absolute Gasteiger partial charge is 0.507 e. The predicted molar refractivity (Wildman–Crippen MR) is 126 cm³/mol. The first-order valence-electron chi connectivity index (χ1n) is 11.0. The second-order valence-corrected chi connectivity index (χ2v) is 8.07. The lowest BCUT2D eigenvalue weighted by atomic mass is 10.1. The van der Waals surface area contributed by atoms with Gasteiger partial charge in [0.25, 0.3) is 5.91 Å². The van der Waals surface area contributed by atoms with Crippen LogP contribution < -0.4 is 20.9 Å². The molecule has 2 fully saturated rings. The predicted octanol–water partition coefficient (Wildman–Crippen LogP) is 1.62. The van der Waals surface area contributed by atoms with Gasteiger partial charge >= 0.3 is 6.09 Å². The maximum Gasteiger partial charge on any atom is 0.414 e. The summed E-state index contributed by atoms with van der Waals surface area (Å²) in [5.41, 5.74) is 6.44. The minimum Gasteiger partial charge on any atom is -0.507 e. The molecule has 0 aromatic heterocycles. The first kappa shape index (κ1) is 24.0. The number of primary amides is 1. The Bertz CT molecular complexity index is 1160. The topological polar surface area (TPSA) is 134 Å². The van der Waals surface area contributed by atoms with Crippen molar-refractivity contribution in [1.82, 2.24) is 5.32 Å². The summed E-state index contributed by atoms with van der Waals surface area (Å²) in [6, 6.07) is 8.80. The number of benzene rings is 2. The Hall–Kier alpha value is -4.12. The molecule has 0 saturated carbocycles. The molecule has 2 heterocycles. The van der Waals surface area contributed by atoms with Gasteiger partial charge in [0, 0.05) is 19.2 Å². The van der Waals surface area contributed by atoms with Crippen molar-refractivity contribution in [2.45, 2.75) is 6.10 Å². The van der Waals surface area contributed by atoms with Gasteiger partial charge in [-0.1, -0.05) is 6.07 Å². The van der Waals surface area contributed by atoms with Crippen molar-refractivity contribution in [3.05, 3.63) is 59.4 Å². The Kier molecular flexibility index (Phi) is 7.16. The number of hydrogen-bond donors (Lipinski definition) is 3. The van der Waals surface area contributed by atoms with Gasteiger partial charge in [-0.3, -0.25) is 14.5 Å². The van der Waals surface area contributed by atoms with E-state index < -0.39 is 29.8 Å². The Balaban J connectivity index is 1.31.